The van der Waals surface area contributed by atoms with Gasteiger partial charge in [-0.2, -0.15) is 0 Å². The average molecular weight is 354 g/mol. The molecule has 1 aliphatic heterocycles. The maximum absolute atomic E-state index is 12.8. The Morgan fingerprint density at radius 3 is 2.96 bits per heavy atom. The third kappa shape index (κ3) is 3.80. The second kappa shape index (κ2) is 6.83. The number of likely N-dealkylation sites (tertiary alicyclic amines) is 1. The number of aromatic nitrogens is 3. The summed E-state index contributed by atoms with van der Waals surface area (Å²) in [6, 6.07) is 8.41. The quantitative estimate of drug-likeness (QED) is 0.889. The monoisotopic (exact) mass is 354 g/mol. The topological polar surface area (TPSA) is 71.2 Å². The van der Waals surface area contributed by atoms with Gasteiger partial charge in [0.15, 0.2) is 0 Å². The number of nitrogens with zero attached hydrogens (tertiary/aromatic N) is 4. The summed E-state index contributed by atoms with van der Waals surface area (Å²) in [5.41, 5.74) is 1.50. The lowest BCUT2D eigenvalue weighted by molar-refractivity contribution is -0.137. The molecule has 1 aromatic heterocycles. The number of amides is 1. The fourth-order valence-corrected chi connectivity index (χ4v) is 3.89. The van der Waals surface area contributed by atoms with Gasteiger partial charge < -0.3 is 14.6 Å². The Balaban J connectivity index is 1.41. The Kier molecular flexibility index (Phi) is 4.53. The molecular weight excluding hydrogens is 328 g/mol. The fraction of sp³-hybridized carbons (Fsp3) is 0.550. The van der Waals surface area contributed by atoms with Crippen LogP contribution in [0.25, 0.3) is 0 Å². The highest BCUT2D eigenvalue weighted by molar-refractivity contribution is 5.79. The van der Waals surface area contributed by atoms with Gasteiger partial charge >= 0.3 is 0 Å². The molecule has 2 aliphatic rings. The third-order valence-corrected chi connectivity index (χ3v) is 5.56. The highest BCUT2D eigenvalue weighted by atomic mass is 16.3. The Labute approximate surface area is 153 Å². The van der Waals surface area contributed by atoms with Crippen LogP contribution < -0.4 is 0 Å². The van der Waals surface area contributed by atoms with Crippen LogP contribution in [-0.4, -0.2) is 49.4 Å². The van der Waals surface area contributed by atoms with Crippen molar-refractivity contribution >= 4 is 5.91 Å². The molecule has 2 aromatic rings. The number of aryl methyl sites for hydroxylation is 1. The molecule has 26 heavy (non-hydrogen) atoms. The zero-order valence-corrected chi connectivity index (χ0v) is 15.3. The van der Waals surface area contributed by atoms with Crippen molar-refractivity contribution in [2.24, 2.45) is 7.05 Å². The predicted molar refractivity (Wildman–Crippen MR) is 97.6 cm³/mol. The van der Waals surface area contributed by atoms with Gasteiger partial charge in [-0.05, 0) is 42.7 Å². The third-order valence-electron chi connectivity index (χ3n) is 5.56. The lowest BCUT2D eigenvalue weighted by atomic mass is 9.89. The number of carbonyl (C=O) groups is 1. The molecule has 2 heterocycles. The van der Waals surface area contributed by atoms with Crippen LogP contribution in [0.2, 0.25) is 0 Å². The van der Waals surface area contributed by atoms with Crippen molar-refractivity contribution in [1.29, 1.82) is 0 Å². The summed E-state index contributed by atoms with van der Waals surface area (Å²) >= 11 is 0. The van der Waals surface area contributed by atoms with Gasteiger partial charge in [0, 0.05) is 26.6 Å². The van der Waals surface area contributed by atoms with Gasteiger partial charge in [0.1, 0.15) is 12.2 Å². The van der Waals surface area contributed by atoms with E-state index in [0.717, 1.165) is 17.8 Å². The van der Waals surface area contributed by atoms with Gasteiger partial charge in [0.25, 0.3) is 0 Å². The van der Waals surface area contributed by atoms with E-state index >= 15 is 0 Å². The number of carbonyl (C=O) groups excluding carboxylic acids is 1. The van der Waals surface area contributed by atoms with Crippen molar-refractivity contribution in [2.75, 3.05) is 13.1 Å². The van der Waals surface area contributed by atoms with E-state index in [1.807, 2.05) is 22.6 Å². The zero-order chi connectivity index (χ0) is 18.1. The lowest BCUT2D eigenvalue weighted by Gasteiger charge is -2.39. The molecule has 138 valence electrons. The van der Waals surface area contributed by atoms with Crippen molar-refractivity contribution in [3.63, 3.8) is 0 Å². The number of hydrogen-bond acceptors (Lipinski definition) is 4. The van der Waals surface area contributed by atoms with Crippen LogP contribution in [0.3, 0.4) is 0 Å². The summed E-state index contributed by atoms with van der Waals surface area (Å²) in [5.74, 6) is 1.53. The number of hydrogen-bond donors (Lipinski definition) is 1. The smallest absolute Gasteiger partial charge is 0.227 e. The summed E-state index contributed by atoms with van der Waals surface area (Å²) in [6.45, 7) is 1.07. The number of piperidine rings is 1. The number of rotatable bonds is 5. The number of benzene rings is 1. The van der Waals surface area contributed by atoms with Gasteiger partial charge in [-0.3, -0.25) is 4.79 Å². The SMILES string of the molecule is Cn1cnnc1CC1(O)CCCN(C(=O)Cc2cccc(C3CC3)c2)C1. The highest BCUT2D eigenvalue weighted by Crippen LogP contribution is 2.40. The Bertz CT molecular complexity index is 799. The molecule has 1 saturated heterocycles. The molecule has 1 unspecified atom stereocenters. The van der Waals surface area contributed by atoms with E-state index in [-0.39, 0.29) is 5.91 Å². The Morgan fingerprint density at radius 1 is 1.38 bits per heavy atom. The fourth-order valence-electron chi connectivity index (χ4n) is 3.89. The van der Waals surface area contributed by atoms with Crippen LogP contribution in [-0.2, 0) is 24.7 Å². The second-order valence-corrected chi connectivity index (χ2v) is 7.87. The van der Waals surface area contributed by atoms with E-state index in [1.165, 1.54) is 18.4 Å². The van der Waals surface area contributed by atoms with Gasteiger partial charge in [0.2, 0.25) is 5.91 Å². The summed E-state index contributed by atoms with van der Waals surface area (Å²) in [6.07, 6.45) is 6.47. The minimum atomic E-state index is -0.926. The number of aliphatic hydroxyl groups is 1. The largest absolute Gasteiger partial charge is 0.388 e. The predicted octanol–water partition coefficient (Wildman–Crippen LogP) is 1.83. The molecule has 0 bridgehead atoms. The van der Waals surface area contributed by atoms with E-state index < -0.39 is 5.60 Å². The minimum absolute atomic E-state index is 0.0917. The van der Waals surface area contributed by atoms with Crippen LogP contribution in [0, 0.1) is 0 Å². The molecule has 0 radical (unpaired) electrons. The number of β-amino-alcohol motifs (C(OH)–C–C–N with tert-alkyl or cyclic N) is 1. The van der Waals surface area contributed by atoms with Crippen LogP contribution >= 0.6 is 0 Å². The maximum Gasteiger partial charge on any atom is 0.227 e. The minimum Gasteiger partial charge on any atom is -0.388 e. The molecule has 1 aromatic carbocycles. The summed E-state index contributed by atoms with van der Waals surface area (Å²) < 4.78 is 1.82. The molecule has 1 N–H and O–H groups in total. The van der Waals surface area contributed by atoms with Crippen LogP contribution in [0.4, 0.5) is 0 Å². The van der Waals surface area contributed by atoms with Crippen LogP contribution in [0.15, 0.2) is 30.6 Å². The molecule has 1 aliphatic carbocycles. The van der Waals surface area contributed by atoms with Crippen LogP contribution in [0.5, 0.6) is 0 Å². The van der Waals surface area contributed by atoms with Gasteiger partial charge in [-0.1, -0.05) is 24.3 Å². The first kappa shape index (κ1) is 17.2. The Hall–Kier alpha value is -2.21. The highest BCUT2D eigenvalue weighted by Gasteiger charge is 2.36. The van der Waals surface area contributed by atoms with Crippen molar-refractivity contribution in [2.45, 2.75) is 50.0 Å². The van der Waals surface area contributed by atoms with E-state index in [1.54, 1.807) is 6.33 Å². The van der Waals surface area contributed by atoms with Crippen molar-refractivity contribution in [1.82, 2.24) is 19.7 Å². The van der Waals surface area contributed by atoms with Gasteiger partial charge in [-0.15, -0.1) is 10.2 Å². The first-order valence-electron chi connectivity index (χ1n) is 9.44. The van der Waals surface area contributed by atoms with Gasteiger partial charge in [-0.25, -0.2) is 0 Å². The molecule has 6 heteroatoms. The molecule has 6 nitrogen and oxygen atoms in total. The molecule has 2 fully saturated rings. The van der Waals surface area contributed by atoms with E-state index in [2.05, 4.69) is 28.4 Å². The van der Waals surface area contributed by atoms with Crippen molar-refractivity contribution < 1.29 is 9.90 Å². The summed E-state index contributed by atoms with van der Waals surface area (Å²) in [7, 11) is 1.87. The van der Waals surface area contributed by atoms with Crippen LogP contribution in [0.1, 0.15) is 48.6 Å². The standard InChI is InChI=1S/C20H26N4O2/c1-23-14-21-22-18(23)12-20(26)8-3-9-24(13-20)19(25)11-15-4-2-5-17(10-15)16-6-7-16/h2,4-5,10,14,16,26H,3,6-9,11-13H2,1H3. The van der Waals surface area contributed by atoms with E-state index in [9.17, 15) is 9.90 Å². The van der Waals surface area contributed by atoms with Crippen molar-refractivity contribution in [3.8, 4) is 0 Å². The summed E-state index contributed by atoms with van der Waals surface area (Å²) in [5, 5.41) is 19.0. The molecule has 4 rings (SSSR count). The lowest BCUT2D eigenvalue weighted by Crippen LogP contribution is -2.52. The first-order chi connectivity index (χ1) is 12.5. The molecule has 1 amide bonds. The molecule has 0 spiro atoms. The van der Waals surface area contributed by atoms with Crippen molar-refractivity contribution in [3.05, 3.63) is 47.5 Å². The zero-order valence-electron chi connectivity index (χ0n) is 15.3. The molecular formula is C20H26N4O2. The molecule has 1 saturated carbocycles. The molecule has 1 atom stereocenters. The van der Waals surface area contributed by atoms with E-state index in [4.69, 9.17) is 0 Å². The maximum atomic E-state index is 12.8. The Morgan fingerprint density at radius 2 is 2.23 bits per heavy atom. The average Bonchev–Trinajstić information content (AvgIpc) is 3.40. The normalized spacial score (nSPS) is 23.2. The second-order valence-electron chi connectivity index (χ2n) is 7.87. The summed E-state index contributed by atoms with van der Waals surface area (Å²) in [4.78, 5) is 14.6. The van der Waals surface area contributed by atoms with Gasteiger partial charge in [0.05, 0.1) is 12.0 Å². The first-order valence-corrected chi connectivity index (χ1v) is 9.44. The van der Waals surface area contributed by atoms with E-state index in [0.29, 0.717) is 38.3 Å².